The molecule has 222 valence electrons. The van der Waals surface area contributed by atoms with Crippen LogP contribution in [0.4, 0.5) is 28.9 Å². The summed E-state index contributed by atoms with van der Waals surface area (Å²) in [7, 11) is 0. The van der Waals surface area contributed by atoms with Crippen molar-refractivity contribution in [3.63, 3.8) is 0 Å². The Bertz CT molecular complexity index is 1570. The fraction of sp³-hybridized carbons (Fsp3) is 0.367. The number of rotatable bonds is 9. The maximum Gasteiger partial charge on any atom is 0.422 e. The number of ketones is 1. The largest absolute Gasteiger partial charge is 0.468 e. The van der Waals surface area contributed by atoms with Crippen LogP contribution in [0.25, 0.3) is 5.65 Å². The Morgan fingerprint density at radius 3 is 2.62 bits per heavy atom. The van der Waals surface area contributed by atoms with Crippen molar-refractivity contribution in [1.29, 1.82) is 0 Å². The number of Topliss-reactive ketones (excluding diaryl/α,β-unsaturated/α-hetero) is 1. The summed E-state index contributed by atoms with van der Waals surface area (Å²) in [5.41, 5.74) is 3.83. The first kappa shape index (κ1) is 29.6. The van der Waals surface area contributed by atoms with Crippen LogP contribution in [-0.4, -0.2) is 58.6 Å². The van der Waals surface area contributed by atoms with E-state index in [2.05, 4.69) is 19.6 Å². The number of nitrogens with zero attached hydrogens (tertiary/aromatic N) is 5. The van der Waals surface area contributed by atoms with E-state index in [1.165, 1.54) is 18.3 Å². The summed E-state index contributed by atoms with van der Waals surface area (Å²) < 4.78 is 58.8. The van der Waals surface area contributed by atoms with Gasteiger partial charge in [0, 0.05) is 44.4 Å². The molecule has 0 unspecified atom stereocenters. The highest BCUT2D eigenvalue weighted by Gasteiger charge is 2.29. The normalized spacial score (nSPS) is 15.8. The summed E-state index contributed by atoms with van der Waals surface area (Å²) >= 11 is 6.15. The third-order valence-electron chi connectivity index (χ3n) is 7.31. The van der Waals surface area contributed by atoms with E-state index in [-0.39, 0.29) is 29.9 Å². The van der Waals surface area contributed by atoms with E-state index in [1.807, 2.05) is 24.8 Å². The molecule has 7 nitrogen and oxygen atoms in total. The van der Waals surface area contributed by atoms with E-state index in [9.17, 15) is 18.0 Å². The summed E-state index contributed by atoms with van der Waals surface area (Å²) in [5, 5.41) is 0.508. The third kappa shape index (κ3) is 6.61. The lowest BCUT2D eigenvalue weighted by Gasteiger charge is -2.42. The van der Waals surface area contributed by atoms with Gasteiger partial charge in [0.15, 0.2) is 12.4 Å². The molecule has 4 aromatic rings. The first-order valence-electron chi connectivity index (χ1n) is 13.7. The average molecular weight is 604 g/mol. The number of fused-ring (bicyclic) bond motifs is 1. The van der Waals surface area contributed by atoms with Crippen LogP contribution >= 0.6 is 11.6 Å². The lowest BCUT2D eigenvalue weighted by Crippen LogP contribution is -2.52. The summed E-state index contributed by atoms with van der Waals surface area (Å²) in [6.07, 6.45) is -0.0696. The zero-order chi connectivity index (χ0) is 30.0. The molecule has 42 heavy (non-hydrogen) atoms. The molecule has 0 spiro atoms. The topological polar surface area (TPSA) is 63.0 Å². The van der Waals surface area contributed by atoms with Crippen molar-refractivity contribution in [2.24, 2.45) is 0 Å². The molecule has 1 aliphatic rings. The second-order valence-corrected chi connectivity index (χ2v) is 10.7. The first-order chi connectivity index (χ1) is 20.0. The fourth-order valence-corrected chi connectivity index (χ4v) is 5.45. The summed E-state index contributed by atoms with van der Waals surface area (Å²) in [6, 6.07) is 11.7. The van der Waals surface area contributed by atoms with Crippen molar-refractivity contribution in [3.8, 4) is 5.88 Å². The summed E-state index contributed by atoms with van der Waals surface area (Å²) in [6.45, 7) is 4.20. The molecule has 1 saturated heterocycles. The molecule has 1 aromatic carbocycles. The molecular formula is C30H30ClF4N5O2. The Balaban J connectivity index is 1.20. The monoisotopic (exact) mass is 603 g/mol. The molecular weight excluding hydrogens is 574 g/mol. The zero-order valence-corrected chi connectivity index (χ0v) is 23.9. The van der Waals surface area contributed by atoms with Crippen molar-refractivity contribution < 1.29 is 27.1 Å². The van der Waals surface area contributed by atoms with Crippen LogP contribution in [0.3, 0.4) is 0 Å². The predicted molar refractivity (Wildman–Crippen MR) is 153 cm³/mol. The molecule has 0 aliphatic carbocycles. The molecule has 12 heteroatoms. The Morgan fingerprint density at radius 2 is 1.95 bits per heavy atom. The van der Waals surface area contributed by atoms with E-state index in [0.29, 0.717) is 60.2 Å². The van der Waals surface area contributed by atoms with Gasteiger partial charge in [-0.05, 0) is 55.7 Å². The summed E-state index contributed by atoms with van der Waals surface area (Å²) in [4.78, 5) is 25.8. The number of piperazine rings is 1. The van der Waals surface area contributed by atoms with Crippen LogP contribution in [0.2, 0.25) is 5.02 Å². The molecule has 0 amide bonds. The lowest BCUT2D eigenvalue weighted by molar-refractivity contribution is -0.154. The third-order valence-corrected chi connectivity index (χ3v) is 7.53. The van der Waals surface area contributed by atoms with Gasteiger partial charge in [-0.3, -0.25) is 9.20 Å². The van der Waals surface area contributed by atoms with Crippen molar-refractivity contribution in [2.45, 2.75) is 45.3 Å². The van der Waals surface area contributed by atoms with Crippen molar-refractivity contribution >= 4 is 34.4 Å². The van der Waals surface area contributed by atoms with E-state index >= 15 is 4.39 Å². The maximum absolute atomic E-state index is 15.3. The number of ether oxygens (including phenoxy) is 1. The Kier molecular flexibility index (Phi) is 8.58. The van der Waals surface area contributed by atoms with Gasteiger partial charge in [-0.25, -0.2) is 14.4 Å². The van der Waals surface area contributed by atoms with Gasteiger partial charge in [-0.2, -0.15) is 13.2 Å². The van der Waals surface area contributed by atoms with E-state index in [1.54, 1.807) is 34.9 Å². The highest BCUT2D eigenvalue weighted by molar-refractivity contribution is 6.30. The maximum atomic E-state index is 15.3. The molecule has 1 aliphatic heterocycles. The van der Waals surface area contributed by atoms with Crippen molar-refractivity contribution in [2.75, 3.05) is 36.0 Å². The van der Waals surface area contributed by atoms with Gasteiger partial charge in [-0.15, -0.1) is 0 Å². The van der Waals surface area contributed by atoms with Gasteiger partial charge in [-0.1, -0.05) is 24.6 Å². The van der Waals surface area contributed by atoms with Crippen LogP contribution in [0.1, 0.15) is 42.0 Å². The number of imidazole rings is 1. The minimum absolute atomic E-state index is 0.00839. The number of aryl methyl sites for hydroxylation is 2. The van der Waals surface area contributed by atoms with Gasteiger partial charge >= 0.3 is 6.18 Å². The van der Waals surface area contributed by atoms with Gasteiger partial charge in [0.2, 0.25) is 5.88 Å². The highest BCUT2D eigenvalue weighted by atomic mass is 35.5. The number of anilines is 2. The quantitative estimate of drug-likeness (QED) is 0.160. The van der Waals surface area contributed by atoms with Gasteiger partial charge < -0.3 is 14.5 Å². The number of pyridine rings is 2. The van der Waals surface area contributed by atoms with Crippen LogP contribution in [0.15, 0.2) is 54.9 Å². The van der Waals surface area contributed by atoms with E-state index in [4.69, 9.17) is 11.6 Å². The van der Waals surface area contributed by atoms with Crippen LogP contribution in [-0.2, 0) is 12.8 Å². The predicted octanol–water partition coefficient (Wildman–Crippen LogP) is 6.56. The number of carbonyl (C=O) groups is 1. The fourth-order valence-electron chi connectivity index (χ4n) is 5.29. The molecule has 5 rings (SSSR count). The number of hydrogen-bond acceptors (Lipinski definition) is 6. The van der Waals surface area contributed by atoms with Crippen LogP contribution < -0.4 is 14.5 Å². The number of hydrogen-bond donors (Lipinski definition) is 0. The minimum Gasteiger partial charge on any atom is -0.468 e. The zero-order valence-electron chi connectivity index (χ0n) is 23.2. The smallest absolute Gasteiger partial charge is 0.422 e. The second-order valence-electron chi connectivity index (χ2n) is 10.3. The Morgan fingerprint density at radius 1 is 1.14 bits per heavy atom. The molecule has 4 heterocycles. The van der Waals surface area contributed by atoms with Crippen LogP contribution in [0.5, 0.6) is 5.88 Å². The van der Waals surface area contributed by atoms with E-state index < -0.39 is 12.8 Å². The number of carbonyl (C=O) groups excluding carboxylic acids is 1. The number of aromatic nitrogens is 3. The minimum atomic E-state index is -4.43. The van der Waals surface area contributed by atoms with Gasteiger partial charge in [0.05, 0.1) is 28.3 Å². The number of halogens is 5. The highest BCUT2D eigenvalue weighted by Crippen LogP contribution is 2.28. The van der Waals surface area contributed by atoms with Crippen molar-refractivity contribution in [3.05, 3.63) is 82.6 Å². The first-order valence-corrected chi connectivity index (χ1v) is 14.1. The standard InChI is InChI=1S/C30H30ClF4N5O2/c1-3-24-29(40-17-21(31)6-10-27(40)37-24)26(41)9-5-20-4-8-25(23(32)14-20)38-12-13-39(19(2)16-38)22-7-11-28(36-15-22)42-18-30(33,34)35/h4,6-8,10-11,14-15,17,19H,3,5,9,12-13,16,18H2,1-2H3/t19-/m0/s1. The average Bonchev–Trinajstić information content (AvgIpc) is 3.32. The molecule has 1 fully saturated rings. The Labute approximate surface area is 245 Å². The second kappa shape index (κ2) is 12.2. The number of benzene rings is 1. The molecule has 1 atom stereocenters. The SMILES string of the molecule is CCc1nc2ccc(Cl)cn2c1C(=O)CCc1ccc(N2CCN(c3ccc(OCC(F)(F)F)nc3)[C@@H](C)C2)c(F)c1. The lowest BCUT2D eigenvalue weighted by atomic mass is 10.0. The van der Waals surface area contributed by atoms with E-state index in [0.717, 1.165) is 11.3 Å². The Hall–Kier alpha value is -3.86. The molecule has 0 saturated carbocycles. The van der Waals surface area contributed by atoms with Crippen LogP contribution in [0, 0.1) is 5.82 Å². The molecule has 0 radical (unpaired) electrons. The number of alkyl halides is 3. The van der Waals surface area contributed by atoms with Crippen molar-refractivity contribution in [1.82, 2.24) is 14.4 Å². The molecule has 0 N–H and O–H groups in total. The van der Waals surface area contributed by atoms with Gasteiger partial charge in [0.25, 0.3) is 0 Å². The summed E-state index contributed by atoms with van der Waals surface area (Å²) in [5.74, 6) is -0.533. The van der Waals surface area contributed by atoms with Gasteiger partial charge in [0.1, 0.15) is 17.2 Å². The molecule has 3 aromatic heterocycles. The molecule has 0 bridgehead atoms.